The molecule has 0 heterocycles. The van der Waals surface area contributed by atoms with Crippen molar-refractivity contribution in [2.45, 2.75) is 32.4 Å². The summed E-state index contributed by atoms with van der Waals surface area (Å²) in [6.07, 6.45) is -0.653. The maximum absolute atomic E-state index is 13.5. The third-order valence-corrected chi connectivity index (χ3v) is 2.93. The van der Waals surface area contributed by atoms with E-state index in [1.54, 1.807) is 26.8 Å². The number of azide groups is 1. The molecule has 0 bridgehead atoms. The van der Waals surface area contributed by atoms with Gasteiger partial charge in [-0.3, -0.25) is 0 Å². The first-order valence-electron chi connectivity index (χ1n) is 6.17. The molecule has 1 aromatic rings. The van der Waals surface area contributed by atoms with Crippen molar-refractivity contribution in [3.05, 3.63) is 43.6 Å². The molecule has 1 amide bonds. The molecular formula is C13H16FIN4O2. The molecule has 0 unspecified atom stereocenters. The van der Waals surface area contributed by atoms with Crippen LogP contribution in [0.4, 0.5) is 9.18 Å². The fraction of sp³-hybridized carbons (Fsp3) is 0.462. The summed E-state index contributed by atoms with van der Waals surface area (Å²) in [6, 6.07) is 3.71. The first kappa shape index (κ1) is 17.5. The Kier molecular flexibility index (Phi) is 6.22. The molecule has 0 aliphatic carbocycles. The van der Waals surface area contributed by atoms with Gasteiger partial charge in [0, 0.05) is 8.48 Å². The first-order valence-corrected chi connectivity index (χ1v) is 7.25. The van der Waals surface area contributed by atoms with Crippen LogP contribution in [-0.2, 0) is 4.74 Å². The molecule has 0 saturated heterocycles. The van der Waals surface area contributed by atoms with Gasteiger partial charge >= 0.3 is 6.09 Å². The van der Waals surface area contributed by atoms with Gasteiger partial charge in [-0.05, 0) is 72.7 Å². The SMILES string of the molecule is CC(C)(C)OC(=O)N[C@H](CN=[N+]=[N-])c1cc(F)cc(I)c1. The van der Waals surface area contributed by atoms with Gasteiger partial charge in [0.1, 0.15) is 11.4 Å². The maximum Gasteiger partial charge on any atom is 0.408 e. The standard InChI is InChI=1S/C13H16FIN4O2/c1-13(2,3)21-12(20)18-11(7-17-19-16)8-4-9(14)6-10(15)5-8/h4-6,11H,7H2,1-3H3,(H,18,20)/t11-/m1/s1. The van der Waals surface area contributed by atoms with E-state index in [9.17, 15) is 9.18 Å². The Bertz CT molecular complexity index is 548. The van der Waals surface area contributed by atoms with Crippen LogP contribution in [-0.4, -0.2) is 18.2 Å². The van der Waals surface area contributed by atoms with E-state index in [1.165, 1.54) is 12.1 Å². The van der Waals surface area contributed by atoms with Crippen molar-refractivity contribution in [2.75, 3.05) is 6.54 Å². The molecule has 1 atom stereocenters. The number of amides is 1. The quantitative estimate of drug-likeness (QED) is 0.350. The number of benzene rings is 1. The van der Waals surface area contributed by atoms with Gasteiger partial charge in [-0.15, -0.1) is 0 Å². The molecule has 0 spiro atoms. The van der Waals surface area contributed by atoms with Gasteiger partial charge in [0.05, 0.1) is 12.6 Å². The maximum atomic E-state index is 13.5. The van der Waals surface area contributed by atoms with Crippen molar-refractivity contribution in [1.29, 1.82) is 0 Å². The first-order chi connectivity index (χ1) is 9.71. The second-order valence-electron chi connectivity index (χ2n) is 5.32. The molecule has 1 rings (SSSR count). The lowest BCUT2D eigenvalue weighted by Crippen LogP contribution is -2.36. The molecular weight excluding hydrogens is 390 g/mol. The smallest absolute Gasteiger partial charge is 0.408 e. The van der Waals surface area contributed by atoms with E-state index < -0.39 is 23.6 Å². The number of carbonyl (C=O) groups is 1. The van der Waals surface area contributed by atoms with Gasteiger partial charge in [-0.1, -0.05) is 5.11 Å². The number of hydrogen-bond donors (Lipinski definition) is 1. The van der Waals surface area contributed by atoms with Crippen LogP contribution in [0.5, 0.6) is 0 Å². The fourth-order valence-corrected chi connectivity index (χ4v) is 2.24. The number of rotatable bonds is 4. The van der Waals surface area contributed by atoms with Crippen molar-refractivity contribution in [3.63, 3.8) is 0 Å². The lowest BCUT2D eigenvalue weighted by molar-refractivity contribution is 0.0505. The normalized spacial score (nSPS) is 12.2. The summed E-state index contributed by atoms with van der Waals surface area (Å²) in [4.78, 5) is 14.5. The van der Waals surface area contributed by atoms with Crippen LogP contribution < -0.4 is 5.32 Å². The molecule has 0 radical (unpaired) electrons. The number of carbonyl (C=O) groups excluding carboxylic acids is 1. The minimum absolute atomic E-state index is 0.0325. The van der Waals surface area contributed by atoms with Gasteiger partial charge in [-0.25, -0.2) is 9.18 Å². The van der Waals surface area contributed by atoms with E-state index in [1.807, 2.05) is 22.6 Å². The van der Waals surface area contributed by atoms with Crippen molar-refractivity contribution >= 4 is 28.7 Å². The summed E-state index contributed by atoms with van der Waals surface area (Å²) < 4.78 is 19.3. The summed E-state index contributed by atoms with van der Waals surface area (Å²) in [5, 5.41) is 6.03. The summed E-state index contributed by atoms with van der Waals surface area (Å²) >= 11 is 1.97. The predicted octanol–water partition coefficient (Wildman–Crippen LogP) is 4.31. The molecule has 0 aromatic heterocycles. The summed E-state index contributed by atoms with van der Waals surface area (Å²) in [5.74, 6) is -0.422. The Hall–Kier alpha value is -1.54. The molecule has 6 nitrogen and oxygen atoms in total. The molecule has 0 aliphatic heterocycles. The summed E-state index contributed by atoms with van der Waals surface area (Å²) in [5.41, 5.74) is 8.29. The lowest BCUT2D eigenvalue weighted by atomic mass is 10.1. The molecule has 114 valence electrons. The minimum atomic E-state index is -0.653. The zero-order chi connectivity index (χ0) is 16.0. The number of alkyl carbamates (subject to hydrolysis) is 1. The molecule has 1 aromatic carbocycles. The van der Waals surface area contributed by atoms with Crippen LogP contribution in [0, 0.1) is 9.39 Å². The highest BCUT2D eigenvalue weighted by Crippen LogP contribution is 2.19. The van der Waals surface area contributed by atoms with Crippen LogP contribution in [0.1, 0.15) is 32.4 Å². The van der Waals surface area contributed by atoms with Gasteiger partial charge in [0.15, 0.2) is 0 Å². The zero-order valence-corrected chi connectivity index (χ0v) is 14.1. The van der Waals surface area contributed by atoms with E-state index in [0.29, 0.717) is 9.13 Å². The number of hydrogen-bond acceptors (Lipinski definition) is 3. The fourth-order valence-electron chi connectivity index (χ4n) is 1.58. The van der Waals surface area contributed by atoms with Crippen LogP contribution in [0.15, 0.2) is 23.3 Å². The summed E-state index contributed by atoms with van der Waals surface area (Å²) in [6.45, 7) is 5.18. The van der Waals surface area contributed by atoms with Crippen molar-refractivity contribution < 1.29 is 13.9 Å². The Morgan fingerprint density at radius 1 is 1.52 bits per heavy atom. The zero-order valence-electron chi connectivity index (χ0n) is 11.9. The highest BCUT2D eigenvalue weighted by atomic mass is 127. The number of ether oxygens (including phenoxy) is 1. The molecule has 8 heteroatoms. The van der Waals surface area contributed by atoms with Gasteiger partial charge in [0.2, 0.25) is 0 Å². The number of nitrogens with zero attached hydrogens (tertiary/aromatic N) is 3. The van der Waals surface area contributed by atoms with E-state index in [4.69, 9.17) is 10.3 Å². The Morgan fingerprint density at radius 3 is 2.71 bits per heavy atom. The molecule has 0 aliphatic rings. The summed E-state index contributed by atoms with van der Waals surface area (Å²) in [7, 11) is 0. The Balaban J connectivity index is 2.94. The van der Waals surface area contributed by atoms with E-state index in [0.717, 1.165) is 0 Å². The highest BCUT2D eigenvalue weighted by molar-refractivity contribution is 14.1. The largest absolute Gasteiger partial charge is 0.444 e. The van der Waals surface area contributed by atoms with Crippen LogP contribution >= 0.6 is 22.6 Å². The molecule has 0 saturated carbocycles. The van der Waals surface area contributed by atoms with Crippen molar-refractivity contribution in [2.24, 2.45) is 5.11 Å². The van der Waals surface area contributed by atoms with Crippen LogP contribution in [0.2, 0.25) is 0 Å². The third kappa shape index (κ3) is 6.63. The number of halogens is 2. The minimum Gasteiger partial charge on any atom is -0.444 e. The van der Waals surface area contributed by atoms with Crippen molar-refractivity contribution in [1.82, 2.24) is 5.32 Å². The second kappa shape index (κ2) is 7.46. The topological polar surface area (TPSA) is 87.1 Å². The number of nitrogens with one attached hydrogen (secondary N) is 1. The van der Waals surface area contributed by atoms with E-state index >= 15 is 0 Å². The second-order valence-corrected chi connectivity index (χ2v) is 6.56. The average Bonchev–Trinajstić information content (AvgIpc) is 2.30. The highest BCUT2D eigenvalue weighted by Gasteiger charge is 2.20. The molecule has 21 heavy (non-hydrogen) atoms. The average molecular weight is 406 g/mol. The van der Waals surface area contributed by atoms with Gasteiger partial charge < -0.3 is 10.1 Å². The monoisotopic (exact) mass is 406 g/mol. The van der Waals surface area contributed by atoms with E-state index in [-0.39, 0.29) is 6.54 Å². The van der Waals surface area contributed by atoms with Crippen LogP contribution in [0.25, 0.3) is 10.4 Å². The molecule has 1 N–H and O–H groups in total. The van der Waals surface area contributed by atoms with E-state index in [2.05, 4.69) is 15.3 Å². The van der Waals surface area contributed by atoms with Crippen molar-refractivity contribution in [3.8, 4) is 0 Å². The van der Waals surface area contributed by atoms with Crippen LogP contribution in [0.3, 0.4) is 0 Å². The third-order valence-electron chi connectivity index (χ3n) is 2.31. The Morgan fingerprint density at radius 2 is 2.19 bits per heavy atom. The van der Waals surface area contributed by atoms with Gasteiger partial charge in [-0.2, -0.15) is 0 Å². The molecule has 0 fully saturated rings. The van der Waals surface area contributed by atoms with Gasteiger partial charge in [0.25, 0.3) is 0 Å². The Labute approximate surface area is 135 Å². The predicted molar refractivity (Wildman–Crippen MR) is 85.2 cm³/mol. The lowest BCUT2D eigenvalue weighted by Gasteiger charge is -2.23.